The van der Waals surface area contributed by atoms with Crippen molar-refractivity contribution in [1.29, 1.82) is 5.26 Å². The minimum Gasteiger partial charge on any atom is -0.361 e. The standard InChI is InChI=1S/C13H18ClN3S/c1-9-3-2-4-10(7-9)5-6-16-13-17-12(14)11(8-15)18-13/h9-10H,2-7H2,1H3,(H,16,17). The Morgan fingerprint density at radius 1 is 1.56 bits per heavy atom. The Bertz CT molecular complexity index is 438. The van der Waals surface area contributed by atoms with E-state index in [1.807, 2.05) is 6.07 Å². The molecular formula is C13H18ClN3S. The van der Waals surface area contributed by atoms with Crippen molar-refractivity contribution in [3.63, 3.8) is 0 Å². The second-order valence-electron chi connectivity index (χ2n) is 5.10. The molecule has 1 fully saturated rings. The van der Waals surface area contributed by atoms with Gasteiger partial charge >= 0.3 is 0 Å². The molecule has 0 aromatic carbocycles. The summed E-state index contributed by atoms with van der Waals surface area (Å²) in [6.45, 7) is 3.27. The van der Waals surface area contributed by atoms with Crippen molar-refractivity contribution in [3.05, 3.63) is 10.0 Å². The highest BCUT2D eigenvalue weighted by Crippen LogP contribution is 2.31. The normalized spacial score (nSPS) is 23.6. The molecule has 0 spiro atoms. The molecule has 0 aliphatic heterocycles. The lowest BCUT2D eigenvalue weighted by atomic mass is 9.81. The zero-order valence-corrected chi connectivity index (χ0v) is 12.2. The van der Waals surface area contributed by atoms with E-state index in [9.17, 15) is 0 Å². The van der Waals surface area contributed by atoms with E-state index in [4.69, 9.17) is 16.9 Å². The van der Waals surface area contributed by atoms with Gasteiger partial charge in [-0.25, -0.2) is 4.98 Å². The lowest BCUT2D eigenvalue weighted by Gasteiger charge is -2.26. The molecule has 1 saturated carbocycles. The van der Waals surface area contributed by atoms with E-state index in [0.29, 0.717) is 10.0 Å². The summed E-state index contributed by atoms with van der Waals surface area (Å²) in [4.78, 5) is 4.62. The van der Waals surface area contributed by atoms with Crippen LogP contribution in [-0.4, -0.2) is 11.5 Å². The van der Waals surface area contributed by atoms with Crippen LogP contribution in [0.25, 0.3) is 0 Å². The Morgan fingerprint density at radius 3 is 3.06 bits per heavy atom. The molecule has 1 aliphatic carbocycles. The van der Waals surface area contributed by atoms with Gasteiger partial charge in [0.05, 0.1) is 0 Å². The Balaban J connectivity index is 1.76. The highest BCUT2D eigenvalue weighted by atomic mass is 35.5. The van der Waals surface area contributed by atoms with Gasteiger partial charge in [0, 0.05) is 6.54 Å². The summed E-state index contributed by atoms with van der Waals surface area (Å²) in [6, 6.07) is 2.05. The summed E-state index contributed by atoms with van der Waals surface area (Å²) in [6.07, 6.45) is 6.65. The number of nitriles is 1. The van der Waals surface area contributed by atoms with Gasteiger partial charge < -0.3 is 5.32 Å². The average Bonchev–Trinajstić information content (AvgIpc) is 2.70. The lowest BCUT2D eigenvalue weighted by Crippen LogP contribution is -2.16. The first kappa shape index (κ1) is 13.6. The number of rotatable bonds is 4. The summed E-state index contributed by atoms with van der Waals surface area (Å²) in [7, 11) is 0. The molecule has 5 heteroatoms. The van der Waals surface area contributed by atoms with Crippen molar-refractivity contribution in [3.8, 4) is 6.07 Å². The van der Waals surface area contributed by atoms with Crippen molar-refractivity contribution in [2.24, 2.45) is 11.8 Å². The van der Waals surface area contributed by atoms with Crippen LogP contribution in [0.4, 0.5) is 5.13 Å². The summed E-state index contributed by atoms with van der Waals surface area (Å²) in [5.74, 6) is 1.72. The summed E-state index contributed by atoms with van der Waals surface area (Å²) < 4.78 is 0. The van der Waals surface area contributed by atoms with E-state index in [-0.39, 0.29) is 0 Å². The topological polar surface area (TPSA) is 48.7 Å². The van der Waals surface area contributed by atoms with Crippen LogP contribution in [0.5, 0.6) is 0 Å². The lowest BCUT2D eigenvalue weighted by molar-refractivity contribution is 0.274. The van der Waals surface area contributed by atoms with E-state index >= 15 is 0 Å². The number of hydrogen-bond acceptors (Lipinski definition) is 4. The molecule has 1 aromatic heterocycles. The summed E-state index contributed by atoms with van der Waals surface area (Å²) in [5, 5.41) is 13.2. The van der Waals surface area contributed by atoms with Crippen molar-refractivity contribution in [2.75, 3.05) is 11.9 Å². The number of nitrogens with one attached hydrogen (secondary N) is 1. The number of anilines is 1. The van der Waals surface area contributed by atoms with Gasteiger partial charge in [-0.2, -0.15) is 5.26 Å². The van der Waals surface area contributed by atoms with Crippen LogP contribution in [-0.2, 0) is 0 Å². The van der Waals surface area contributed by atoms with Crippen LogP contribution in [0.3, 0.4) is 0 Å². The van der Waals surface area contributed by atoms with Crippen LogP contribution in [0.2, 0.25) is 5.15 Å². The van der Waals surface area contributed by atoms with Crippen LogP contribution in [0.1, 0.15) is 43.9 Å². The van der Waals surface area contributed by atoms with Gasteiger partial charge in [0.1, 0.15) is 10.9 Å². The highest BCUT2D eigenvalue weighted by Gasteiger charge is 2.18. The minimum atomic E-state index is 0.316. The number of hydrogen-bond donors (Lipinski definition) is 1. The molecule has 18 heavy (non-hydrogen) atoms. The molecule has 0 saturated heterocycles. The molecule has 0 amide bonds. The highest BCUT2D eigenvalue weighted by molar-refractivity contribution is 7.16. The third kappa shape index (κ3) is 3.60. The first-order chi connectivity index (χ1) is 8.69. The van der Waals surface area contributed by atoms with Gasteiger partial charge in [-0.1, -0.05) is 49.1 Å². The first-order valence-corrected chi connectivity index (χ1v) is 7.68. The van der Waals surface area contributed by atoms with Gasteiger partial charge in [0.15, 0.2) is 10.3 Å². The van der Waals surface area contributed by atoms with Gasteiger partial charge in [-0.3, -0.25) is 0 Å². The fourth-order valence-electron chi connectivity index (χ4n) is 2.65. The summed E-state index contributed by atoms with van der Waals surface area (Å²) in [5.41, 5.74) is 0. The van der Waals surface area contributed by atoms with E-state index in [1.165, 1.54) is 43.4 Å². The predicted molar refractivity (Wildman–Crippen MR) is 76.1 cm³/mol. The molecule has 98 valence electrons. The number of halogens is 1. The van der Waals surface area contributed by atoms with Crippen LogP contribution in [0, 0.1) is 23.2 Å². The van der Waals surface area contributed by atoms with E-state index in [1.54, 1.807) is 0 Å². The fourth-order valence-corrected chi connectivity index (χ4v) is 3.62. The second kappa shape index (κ2) is 6.40. The molecule has 0 bridgehead atoms. The Labute approximate surface area is 117 Å². The minimum absolute atomic E-state index is 0.316. The van der Waals surface area contributed by atoms with E-state index < -0.39 is 0 Å². The van der Waals surface area contributed by atoms with Gasteiger partial charge in [0.25, 0.3) is 0 Å². The Kier molecular flexibility index (Phi) is 4.85. The molecule has 3 nitrogen and oxygen atoms in total. The zero-order chi connectivity index (χ0) is 13.0. The molecule has 1 N–H and O–H groups in total. The SMILES string of the molecule is CC1CCCC(CCNc2nc(Cl)c(C#N)s2)C1. The average molecular weight is 284 g/mol. The van der Waals surface area contributed by atoms with Crippen LogP contribution < -0.4 is 5.32 Å². The van der Waals surface area contributed by atoms with Crippen LogP contribution >= 0.6 is 22.9 Å². The number of thiazole rings is 1. The maximum absolute atomic E-state index is 8.80. The Morgan fingerprint density at radius 2 is 2.39 bits per heavy atom. The van der Waals surface area contributed by atoms with E-state index in [0.717, 1.165) is 23.5 Å². The molecule has 1 aromatic rings. The van der Waals surface area contributed by atoms with Crippen molar-refractivity contribution in [2.45, 2.75) is 39.0 Å². The summed E-state index contributed by atoms with van der Waals surface area (Å²) >= 11 is 7.16. The van der Waals surface area contributed by atoms with Gasteiger partial charge in [-0.15, -0.1) is 0 Å². The Hall–Kier alpha value is -0.790. The maximum Gasteiger partial charge on any atom is 0.185 e. The third-order valence-corrected chi connectivity index (χ3v) is 4.86. The smallest absolute Gasteiger partial charge is 0.185 e. The molecule has 1 heterocycles. The largest absolute Gasteiger partial charge is 0.361 e. The molecule has 2 unspecified atom stereocenters. The van der Waals surface area contributed by atoms with Crippen molar-refractivity contribution < 1.29 is 0 Å². The molecular weight excluding hydrogens is 266 g/mol. The quantitative estimate of drug-likeness (QED) is 0.896. The fraction of sp³-hybridized carbons (Fsp3) is 0.692. The van der Waals surface area contributed by atoms with Crippen LogP contribution in [0.15, 0.2) is 0 Å². The third-order valence-electron chi connectivity index (χ3n) is 3.56. The maximum atomic E-state index is 8.80. The van der Waals surface area contributed by atoms with Gasteiger partial charge in [0.2, 0.25) is 0 Å². The molecule has 1 aliphatic rings. The molecule has 2 atom stereocenters. The first-order valence-electron chi connectivity index (χ1n) is 6.49. The monoisotopic (exact) mass is 283 g/mol. The number of aromatic nitrogens is 1. The zero-order valence-electron chi connectivity index (χ0n) is 10.6. The second-order valence-corrected chi connectivity index (χ2v) is 6.46. The number of nitrogens with zero attached hydrogens (tertiary/aromatic N) is 2. The van der Waals surface area contributed by atoms with Crippen molar-refractivity contribution in [1.82, 2.24) is 4.98 Å². The molecule has 0 radical (unpaired) electrons. The molecule has 2 rings (SSSR count). The predicted octanol–water partition coefficient (Wildman–Crippen LogP) is 4.30. The van der Waals surface area contributed by atoms with Crippen molar-refractivity contribution >= 4 is 28.1 Å². The van der Waals surface area contributed by atoms with Gasteiger partial charge in [-0.05, 0) is 24.7 Å². The van der Waals surface area contributed by atoms with E-state index in [2.05, 4.69) is 17.2 Å².